The SMILES string of the molecule is CCCCC(CCC)OC(=O)CCCN. The van der Waals surface area contributed by atoms with E-state index in [9.17, 15) is 4.79 Å². The predicted molar refractivity (Wildman–Crippen MR) is 62.6 cm³/mol. The van der Waals surface area contributed by atoms with Gasteiger partial charge in [0.1, 0.15) is 6.10 Å². The summed E-state index contributed by atoms with van der Waals surface area (Å²) in [7, 11) is 0. The van der Waals surface area contributed by atoms with Gasteiger partial charge < -0.3 is 10.5 Å². The third-order valence-electron chi connectivity index (χ3n) is 2.37. The van der Waals surface area contributed by atoms with Crippen LogP contribution in [0.5, 0.6) is 0 Å². The molecule has 0 aromatic rings. The molecule has 2 N–H and O–H groups in total. The van der Waals surface area contributed by atoms with E-state index in [-0.39, 0.29) is 12.1 Å². The molecule has 1 unspecified atom stereocenters. The lowest BCUT2D eigenvalue weighted by molar-refractivity contribution is -0.149. The van der Waals surface area contributed by atoms with E-state index in [4.69, 9.17) is 10.5 Å². The summed E-state index contributed by atoms with van der Waals surface area (Å²) in [5, 5.41) is 0. The van der Waals surface area contributed by atoms with Crippen LogP contribution in [0.4, 0.5) is 0 Å². The standard InChI is InChI=1S/C12H25NO2/c1-3-5-8-11(7-4-2)15-12(14)9-6-10-13/h11H,3-10,13H2,1-2H3. The molecule has 90 valence electrons. The summed E-state index contributed by atoms with van der Waals surface area (Å²) >= 11 is 0. The Bertz CT molecular complexity index is 160. The Hall–Kier alpha value is -0.570. The molecule has 3 nitrogen and oxygen atoms in total. The Morgan fingerprint density at radius 1 is 1.20 bits per heavy atom. The first-order chi connectivity index (χ1) is 7.24. The normalized spacial score (nSPS) is 12.5. The highest BCUT2D eigenvalue weighted by Gasteiger charge is 2.12. The van der Waals surface area contributed by atoms with Gasteiger partial charge in [-0.05, 0) is 25.8 Å². The molecule has 0 fully saturated rings. The molecule has 15 heavy (non-hydrogen) atoms. The van der Waals surface area contributed by atoms with E-state index in [2.05, 4.69) is 13.8 Å². The van der Waals surface area contributed by atoms with E-state index in [0.29, 0.717) is 13.0 Å². The average molecular weight is 215 g/mol. The van der Waals surface area contributed by atoms with Gasteiger partial charge in [-0.2, -0.15) is 0 Å². The van der Waals surface area contributed by atoms with Crippen LogP contribution in [0.25, 0.3) is 0 Å². The summed E-state index contributed by atoms with van der Waals surface area (Å²) in [5.74, 6) is -0.0880. The van der Waals surface area contributed by atoms with Crippen molar-refractivity contribution in [3.05, 3.63) is 0 Å². The lowest BCUT2D eigenvalue weighted by Crippen LogP contribution is -2.18. The van der Waals surface area contributed by atoms with Crippen molar-refractivity contribution in [3.8, 4) is 0 Å². The van der Waals surface area contributed by atoms with Gasteiger partial charge in [-0.1, -0.05) is 33.1 Å². The van der Waals surface area contributed by atoms with Crippen molar-refractivity contribution in [2.45, 2.75) is 64.9 Å². The minimum atomic E-state index is -0.0880. The van der Waals surface area contributed by atoms with Crippen LogP contribution < -0.4 is 5.73 Å². The van der Waals surface area contributed by atoms with Crippen LogP contribution in [0.15, 0.2) is 0 Å². The maximum Gasteiger partial charge on any atom is 0.306 e. The molecule has 0 aliphatic rings. The number of unbranched alkanes of at least 4 members (excludes halogenated alkanes) is 1. The Morgan fingerprint density at radius 3 is 2.47 bits per heavy atom. The van der Waals surface area contributed by atoms with Gasteiger partial charge in [0.25, 0.3) is 0 Å². The monoisotopic (exact) mass is 215 g/mol. The number of rotatable bonds is 9. The molecule has 0 aliphatic carbocycles. The summed E-state index contributed by atoms with van der Waals surface area (Å²) in [6.07, 6.45) is 6.65. The van der Waals surface area contributed by atoms with Crippen LogP contribution in [0.1, 0.15) is 58.8 Å². The highest BCUT2D eigenvalue weighted by Crippen LogP contribution is 2.12. The zero-order valence-electron chi connectivity index (χ0n) is 10.1. The van der Waals surface area contributed by atoms with Crippen molar-refractivity contribution in [1.29, 1.82) is 0 Å². The number of carbonyl (C=O) groups is 1. The quantitative estimate of drug-likeness (QED) is 0.601. The van der Waals surface area contributed by atoms with Crippen LogP contribution in [-0.4, -0.2) is 18.6 Å². The van der Waals surface area contributed by atoms with Crippen molar-refractivity contribution in [2.75, 3.05) is 6.54 Å². The smallest absolute Gasteiger partial charge is 0.306 e. The van der Waals surface area contributed by atoms with Gasteiger partial charge in [-0.3, -0.25) is 4.79 Å². The predicted octanol–water partition coefficient (Wildman–Crippen LogP) is 2.63. The average Bonchev–Trinajstić information content (AvgIpc) is 2.23. The number of esters is 1. The first-order valence-electron chi connectivity index (χ1n) is 6.14. The molecule has 0 spiro atoms. The molecule has 0 heterocycles. The highest BCUT2D eigenvalue weighted by atomic mass is 16.5. The summed E-state index contributed by atoms with van der Waals surface area (Å²) in [4.78, 5) is 11.4. The Kier molecular flexibility index (Phi) is 9.59. The van der Waals surface area contributed by atoms with E-state index in [1.807, 2.05) is 0 Å². The van der Waals surface area contributed by atoms with E-state index in [1.165, 1.54) is 0 Å². The van der Waals surface area contributed by atoms with Gasteiger partial charge in [-0.25, -0.2) is 0 Å². The van der Waals surface area contributed by atoms with E-state index in [1.54, 1.807) is 0 Å². The fourth-order valence-electron chi connectivity index (χ4n) is 1.51. The maximum absolute atomic E-state index is 11.4. The molecule has 0 saturated heterocycles. The van der Waals surface area contributed by atoms with E-state index in [0.717, 1.165) is 38.5 Å². The lowest BCUT2D eigenvalue weighted by atomic mass is 10.1. The molecule has 0 radical (unpaired) electrons. The molecule has 1 atom stereocenters. The number of hydrogen-bond acceptors (Lipinski definition) is 3. The Labute approximate surface area is 93.4 Å². The molecule has 0 aromatic carbocycles. The van der Waals surface area contributed by atoms with Gasteiger partial charge in [0.15, 0.2) is 0 Å². The van der Waals surface area contributed by atoms with Crippen LogP contribution in [-0.2, 0) is 9.53 Å². The molecule has 0 amide bonds. The number of carbonyl (C=O) groups excluding carboxylic acids is 1. The molecule has 3 heteroatoms. The third kappa shape index (κ3) is 8.43. The van der Waals surface area contributed by atoms with Crippen LogP contribution in [0.2, 0.25) is 0 Å². The lowest BCUT2D eigenvalue weighted by Gasteiger charge is -2.16. The topological polar surface area (TPSA) is 52.3 Å². The minimum absolute atomic E-state index is 0.0880. The maximum atomic E-state index is 11.4. The van der Waals surface area contributed by atoms with Gasteiger partial charge in [0.05, 0.1) is 0 Å². The zero-order chi connectivity index (χ0) is 11.5. The van der Waals surface area contributed by atoms with Crippen LogP contribution >= 0.6 is 0 Å². The molecule has 0 aromatic heterocycles. The first-order valence-corrected chi connectivity index (χ1v) is 6.14. The van der Waals surface area contributed by atoms with Gasteiger partial charge in [-0.15, -0.1) is 0 Å². The fraction of sp³-hybridized carbons (Fsp3) is 0.917. The summed E-state index contributed by atoms with van der Waals surface area (Å²) in [6, 6.07) is 0. The second-order valence-corrected chi connectivity index (χ2v) is 3.94. The Morgan fingerprint density at radius 2 is 1.93 bits per heavy atom. The van der Waals surface area contributed by atoms with Crippen molar-refractivity contribution in [1.82, 2.24) is 0 Å². The number of nitrogens with two attached hydrogens (primary N) is 1. The fourth-order valence-corrected chi connectivity index (χ4v) is 1.51. The first kappa shape index (κ1) is 14.4. The molecular weight excluding hydrogens is 190 g/mol. The van der Waals surface area contributed by atoms with Crippen LogP contribution in [0.3, 0.4) is 0 Å². The van der Waals surface area contributed by atoms with E-state index >= 15 is 0 Å². The highest BCUT2D eigenvalue weighted by molar-refractivity contribution is 5.69. The second kappa shape index (κ2) is 9.97. The largest absolute Gasteiger partial charge is 0.462 e. The zero-order valence-corrected chi connectivity index (χ0v) is 10.1. The second-order valence-electron chi connectivity index (χ2n) is 3.94. The summed E-state index contributed by atoms with van der Waals surface area (Å²) in [6.45, 7) is 4.83. The van der Waals surface area contributed by atoms with Crippen molar-refractivity contribution in [3.63, 3.8) is 0 Å². The van der Waals surface area contributed by atoms with Crippen molar-refractivity contribution < 1.29 is 9.53 Å². The third-order valence-corrected chi connectivity index (χ3v) is 2.37. The molecule has 0 bridgehead atoms. The van der Waals surface area contributed by atoms with Crippen LogP contribution in [0, 0.1) is 0 Å². The summed E-state index contributed by atoms with van der Waals surface area (Å²) in [5.41, 5.74) is 5.34. The number of ether oxygens (including phenoxy) is 1. The number of hydrogen-bond donors (Lipinski definition) is 1. The Balaban J connectivity index is 3.76. The van der Waals surface area contributed by atoms with Crippen molar-refractivity contribution >= 4 is 5.97 Å². The van der Waals surface area contributed by atoms with Gasteiger partial charge >= 0.3 is 5.97 Å². The van der Waals surface area contributed by atoms with Crippen molar-refractivity contribution in [2.24, 2.45) is 5.73 Å². The van der Waals surface area contributed by atoms with Gasteiger partial charge in [0, 0.05) is 6.42 Å². The molecule has 0 saturated carbocycles. The molecular formula is C12H25NO2. The molecule has 0 rings (SSSR count). The molecule has 0 aliphatic heterocycles. The minimum Gasteiger partial charge on any atom is -0.462 e. The summed E-state index contributed by atoms with van der Waals surface area (Å²) < 4.78 is 5.40. The van der Waals surface area contributed by atoms with E-state index < -0.39 is 0 Å². The van der Waals surface area contributed by atoms with Gasteiger partial charge in [0.2, 0.25) is 0 Å².